The fourth-order valence-corrected chi connectivity index (χ4v) is 4.33. The zero-order valence-electron chi connectivity index (χ0n) is 20.2. The largest absolute Gasteiger partial charge is 0.396 e. The summed E-state index contributed by atoms with van der Waals surface area (Å²) in [4.78, 5) is 26.6. The van der Waals surface area contributed by atoms with Crippen LogP contribution in [0.2, 0.25) is 0 Å². The molecule has 3 aromatic rings. The van der Waals surface area contributed by atoms with E-state index in [-0.39, 0.29) is 17.9 Å². The number of hydrogen-bond acceptors (Lipinski definition) is 7. The van der Waals surface area contributed by atoms with Gasteiger partial charge in [-0.3, -0.25) is 4.79 Å². The van der Waals surface area contributed by atoms with E-state index in [0.717, 1.165) is 37.1 Å². The van der Waals surface area contributed by atoms with E-state index in [1.54, 1.807) is 6.07 Å². The van der Waals surface area contributed by atoms with Gasteiger partial charge in [0.05, 0.1) is 30.8 Å². The summed E-state index contributed by atoms with van der Waals surface area (Å²) in [7, 11) is 0. The highest BCUT2D eigenvalue weighted by atomic mass is 16.5. The van der Waals surface area contributed by atoms with Gasteiger partial charge >= 0.3 is 0 Å². The van der Waals surface area contributed by atoms with Crippen molar-refractivity contribution in [2.24, 2.45) is 12.9 Å². The number of aliphatic hydroxyl groups is 1. The normalized spacial score (nSPS) is 21.2. The van der Waals surface area contributed by atoms with Gasteiger partial charge in [-0.25, -0.2) is 9.97 Å². The molecule has 0 aliphatic carbocycles. The second-order valence-electron chi connectivity index (χ2n) is 8.07. The van der Waals surface area contributed by atoms with Gasteiger partial charge in [0, 0.05) is 61.0 Å². The van der Waals surface area contributed by atoms with Gasteiger partial charge in [-0.1, -0.05) is 12.1 Å². The molecule has 0 spiro atoms. The second-order valence-corrected chi connectivity index (χ2v) is 8.07. The van der Waals surface area contributed by atoms with E-state index in [9.17, 15) is 9.90 Å². The van der Waals surface area contributed by atoms with Gasteiger partial charge in [0.2, 0.25) is 0 Å². The van der Waals surface area contributed by atoms with Crippen molar-refractivity contribution >= 4 is 22.4 Å². The van der Waals surface area contributed by atoms with Gasteiger partial charge in [-0.2, -0.15) is 0 Å². The van der Waals surface area contributed by atoms with E-state index in [4.69, 9.17) is 13.8 Å². The summed E-state index contributed by atoms with van der Waals surface area (Å²) in [6, 6.07) is 9.81. The fraction of sp³-hybridized carbons (Fsp3) is 0.435. The minimum Gasteiger partial charge on any atom is -0.396 e. The van der Waals surface area contributed by atoms with Crippen molar-refractivity contribution in [2.45, 2.75) is 6.42 Å². The first-order chi connectivity index (χ1) is 16.3. The number of aryl methyl sites for hydroxylation is 1. The minimum absolute atomic E-state index is 0.0505. The molecule has 2 saturated heterocycles. The third-order valence-electron chi connectivity index (χ3n) is 6.11. The van der Waals surface area contributed by atoms with Crippen molar-refractivity contribution in [2.75, 3.05) is 55.8 Å². The summed E-state index contributed by atoms with van der Waals surface area (Å²) in [5.41, 5.74) is 2.39. The van der Waals surface area contributed by atoms with E-state index in [1.165, 1.54) is 0 Å². The molecule has 0 unspecified atom stereocenters. The molecule has 1 aromatic carbocycles. The summed E-state index contributed by atoms with van der Waals surface area (Å²) in [6.07, 6.45) is 1.85. The number of fused-ring (bicyclic) bond motifs is 1. The summed E-state index contributed by atoms with van der Waals surface area (Å²) in [6.45, 7) is 1.69. The molecule has 1 N–H and O–H groups in total. The number of aliphatic hydroxyl groups excluding tert-OH is 1. The van der Waals surface area contributed by atoms with Crippen molar-refractivity contribution in [3.05, 3.63) is 47.0 Å². The minimum atomic E-state index is -2.64. The van der Waals surface area contributed by atoms with Crippen molar-refractivity contribution in [3.8, 4) is 11.3 Å². The van der Waals surface area contributed by atoms with E-state index < -0.39 is 12.5 Å². The maximum Gasteiger partial charge on any atom is 0.264 e. The third kappa shape index (κ3) is 3.77. The van der Waals surface area contributed by atoms with Crippen LogP contribution < -0.4 is 15.4 Å². The van der Waals surface area contributed by atoms with Gasteiger partial charge in [-0.15, -0.1) is 0 Å². The van der Waals surface area contributed by atoms with Crippen molar-refractivity contribution in [1.29, 1.82) is 0 Å². The Morgan fingerprint density at radius 1 is 1.19 bits per heavy atom. The lowest BCUT2D eigenvalue weighted by Crippen LogP contribution is -2.36. The zero-order valence-corrected chi connectivity index (χ0v) is 17.2. The van der Waals surface area contributed by atoms with Gasteiger partial charge in [0.1, 0.15) is 11.2 Å². The highest BCUT2D eigenvalue weighted by molar-refractivity contribution is 5.92. The summed E-state index contributed by atoms with van der Waals surface area (Å²) in [5, 5.41) is 9.79. The molecule has 2 aliphatic rings. The molecule has 0 saturated carbocycles. The first-order valence-corrected chi connectivity index (χ1v) is 10.6. The number of benzene rings is 1. The van der Waals surface area contributed by atoms with Crippen LogP contribution in [0, 0.1) is 5.92 Å². The number of aromatic nitrogens is 3. The molecule has 8 heteroatoms. The number of nitrogens with zero attached hydrogens (tertiary/aromatic N) is 5. The van der Waals surface area contributed by atoms with Crippen molar-refractivity contribution in [3.63, 3.8) is 0 Å². The first-order valence-electron chi connectivity index (χ1n) is 12.1. The molecule has 5 rings (SSSR count). The summed E-state index contributed by atoms with van der Waals surface area (Å²) < 4.78 is 29.2. The Kier molecular flexibility index (Phi) is 4.46. The van der Waals surface area contributed by atoms with Crippen LogP contribution in [0.15, 0.2) is 41.5 Å². The predicted molar refractivity (Wildman–Crippen MR) is 121 cm³/mol. The number of ether oxygens (including phenoxy) is 1. The van der Waals surface area contributed by atoms with Crippen LogP contribution in [0.4, 0.5) is 11.5 Å². The van der Waals surface area contributed by atoms with Gasteiger partial charge in [0.15, 0.2) is 0 Å². The number of rotatable bonds is 4. The molecule has 2 fully saturated rings. The molecule has 4 heterocycles. The Labute approximate surface area is 184 Å². The maximum absolute atomic E-state index is 13.2. The van der Waals surface area contributed by atoms with E-state index in [2.05, 4.69) is 9.88 Å². The molecule has 1 atom stereocenters. The highest BCUT2D eigenvalue weighted by Crippen LogP contribution is 2.31. The molecule has 0 radical (unpaired) electrons. The Balaban J connectivity index is 1.60. The lowest BCUT2D eigenvalue weighted by atomic mass is 10.1. The second kappa shape index (κ2) is 8.28. The maximum atomic E-state index is 13.2. The predicted octanol–water partition coefficient (Wildman–Crippen LogP) is 1.65. The van der Waals surface area contributed by atoms with Crippen LogP contribution in [0.5, 0.6) is 0 Å². The lowest BCUT2D eigenvalue weighted by Gasteiger charge is -2.29. The highest BCUT2D eigenvalue weighted by Gasteiger charge is 2.26. The Morgan fingerprint density at radius 3 is 2.71 bits per heavy atom. The van der Waals surface area contributed by atoms with E-state index in [1.807, 2.05) is 29.2 Å². The molecule has 2 aromatic heterocycles. The number of anilines is 2. The zero-order chi connectivity index (χ0) is 23.9. The van der Waals surface area contributed by atoms with Crippen LogP contribution in [0.3, 0.4) is 0 Å². The monoisotopic (exact) mass is 424 g/mol. The molecular weight excluding hydrogens is 394 g/mol. The van der Waals surface area contributed by atoms with Crippen LogP contribution in [0.1, 0.15) is 10.5 Å². The van der Waals surface area contributed by atoms with Crippen LogP contribution in [-0.2, 0) is 11.7 Å². The topological polar surface area (TPSA) is 83.7 Å². The molecule has 0 amide bonds. The smallest absolute Gasteiger partial charge is 0.264 e. The average Bonchev–Trinajstić information content (AvgIpc) is 3.33. The molecule has 8 nitrogen and oxygen atoms in total. The summed E-state index contributed by atoms with van der Waals surface area (Å²) >= 11 is 0. The van der Waals surface area contributed by atoms with Crippen LogP contribution >= 0.6 is 0 Å². The van der Waals surface area contributed by atoms with Crippen molar-refractivity contribution < 1.29 is 14.0 Å². The number of pyridine rings is 1. The Morgan fingerprint density at radius 2 is 2.00 bits per heavy atom. The van der Waals surface area contributed by atoms with E-state index in [0.29, 0.717) is 47.9 Å². The van der Waals surface area contributed by atoms with Crippen molar-refractivity contribution in [1.82, 2.24) is 14.5 Å². The molecule has 2 aliphatic heterocycles. The fourth-order valence-electron chi connectivity index (χ4n) is 4.33. The SMILES string of the molecule is [2H]C([2H])([2H])n1cnc2cc(-c3ccc(N4CCOCC4)cc3)nc(N3CC[C@H](CO)C3)c2c1=O. The van der Waals surface area contributed by atoms with Gasteiger partial charge < -0.3 is 24.2 Å². The number of hydrogen-bond donors (Lipinski definition) is 1. The van der Waals surface area contributed by atoms with Crippen LogP contribution in [-0.4, -0.2) is 65.6 Å². The molecule has 162 valence electrons. The van der Waals surface area contributed by atoms with Gasteiger partial charge in [-0.05, 0) is 24.6 Å². The van der Waals surface area contributed by atoms with Gasteiger partial charge in [0.25, 0.3) is 5.56 Å². The third-order valence-corrected chi connectivity index (χ3v) is 6.11. The Bertz CT molecular complexity index is 1240. The average molecular weight is 425 g/mol. The molecule has 31 heavy (non-hydrogen) atoms. The summed E-state index contributed by atoms with van der Waals surface area (Å²) in [5.74, 6) is 0.492. The first kappa shape index (κ1) is 16.7. The lowest BCUT2D eigenvalue weighted by molar-refractivity contribution is 0.122. The quantitative estimate of drug-likeness (QED) is 0.682. The van der Waals surface area contributed by atoms with E-state index >= 15 is 0 Å². The molecular formula is C23H27N5O3. The Hall–Kier alpha value is -2.97. The van der Waals surface area contributed by atoms with Crippen LogP contribution in [0.25, 0.3) is 22.2 Å². The molecule has 0 bridgehead atoms. The standard InChI is InChI=1S/C23H27N5O3/c1-26-15-24-20-12-19(17-2-4-18(5-3-17)27-8-10-31-11-9-27)25-22(21(20)23(26)30)28-7-6-16(13-28)14-29/h2-5,12,15-16,29H,6-11,13-14H2,1H3/t16-/m0/s1/i1D3. The number of morpholine rings is 1.